The average molecular weight is 656 g/mol. The van der Waals surface area contributed by atoms with Crippen molar-refractivity contribution in [3.8, 4) is 17.6 Å². The fourth-order valence-electron chi connectivity index (χ4n) is 4.72. The first kappa shape index (κ1) is 31.9. The molecule has 0 fully saturated rings. The van der Waals surface area contributed by atoms with Gasteiger partial charge in [0.25, 0.3) is 6.01 Å². The first-order chi connectivity index (χ1) is 23.2. The second-order valence-corrected chi connectivity index (χ2v) is 10.6. The molecular formula is C34H25F4N7O3. The average Bonchev–Trinajstić information content (AvgIpc) is 3.81. The number of benzene rings is 3. The van der Waals surface area contributed by atoms with Gasteiger partial charge in [0.2, 0.25) is 0 Å². The predicted molar refractivity (Wildman–Crippen MR) is 163 cm³/mol. The molecule has 6 aromatic rings. The lowest BCUT2D eigenvalue weighted by atomic mass is 9.84. The maximum Gasteiger partial charge on any atom is 0.323 e. The molecule has 0 spiro atoms. The maximum atomic E-state index is 15.9. The van der Waals surface area contributed by atoms with Crippen LogP contribution in [0.15, 0.2) is 108 Å². The predicted octanol–water partition coefficient (Wildman–Crippen LogP) is 5.61. The van der Waals surface area contributed by atoms with Gasteiger partial charge in [-0.1, -0.05) is 36.1 Å². The summed E-state index contributed by atoms with van der Waals surface area (Å²) < 4.78 is 72.0. The van der Waals surface area contributed by atoms with E-state index in [-0.39, 0.29) is 0 Å². The Bertz CT molecular complexity index is 2010. The normalized spacial score (nSPS) is 12.5. The van der Waals surface area contributed by atoms with Crippen LogP contribution in [0.4, 0.5) is 23.6 Å². The number of ether oxygens (including phenoxy) is 1. The van der Waals surface area contributed by atoms with Crippen LogP contribution in [0.2, 0.25) is 0 Å². The van der Waals surface area contributed by atoms with E-state index in [0.29, 0.717) is 42.1 Å². The summed E-state index contributed by atoms with van der Waals surface area (Å²) in [6.07, 6.45) is 5.16. The highest BCUT2D eigenvalue weighted by molar-refractivity contribution is 5.44. The van der Waals surface area contributed by atoms with Gasteiger partial charge in [0.1, 0.15) is 42.3 Å². The van der Waals surface area contributed by atoms with Crippen molar-refractivity contribution < 1.29 is 31.8 Å². The number of alkyl halides is 2. The first-order valence-electron chi connectivity index (χ1n) is 14.4. The third-order valence-corrected chi connectivity index (χ3v) is 7.27. The Labute approximate surface area is 271 Å². The van der Waals surface area contributed by atoms with Crippen molar-refractivity contribution >= 4 is 6.01 Å². The molecule has 0 amide bonds. The van der Waals surface area contributed by atoms with Gasteiger partial charge in [-0.15, -0.1) is 5.10 Å². The van der Waals surface area contributed by atoms with E-state index in [9.17, 15) is 13.9 Å². The number of hydrogen-bond donors (Lipinski definition) is 2. The monoisotopic (exact) mass is 655 g/mol. The fourth-order valence-corrected chi connectivity index (χ4v) is 4.72. The van der Waals surface area contributed by atoms with Crippen LogP contribution >= 0.6 is 0 Å². The highest BCUT2D eigenvalue weighted by Gasteiger charge is 2.58. The number of anilines is 1. The zero-order valence-corrected chi connectivity index (χ0v) is 24.9. The molecule has 3 aromatic heterocycles. The lowest BCUT2D eigenvalue weighted by Crippen LogP contribution is -2.48. The Morgan fingerprint density at radius 3 is 2.31 bits per heavy atom. The Morgan fingerprint density at radius 1 is 0.896 bits per heavy atom. The van der Waals surface area contributed by atoms with E-state index in [4.69, 9.17) is 9.15 Å². The molecule has 0 aliphatic carbocycles. The van der Waals surface area contributed by atoms with E-state index in [1.807, 2.05) is 24.3 Å². The Morgan fingerprint density at radius 2 is 1.65 bits per heavy atom. The van der Waals surface area contributed by atoms with Gasteiger partial charge in [0.05, 0.1) is 12.7 Å². The summed E-state index contributed by atoms with van der Waals surface area (Å²) in [6, 6.07) is 19.6. The molecule has 14 heteroatoms. The van der Waals surface area contributed by atoms with Crippen LogP contribution in [0.25, 0.3) is 0 Å². The minimum absolute atomic E-state index is 0.311. The second-order valence-electron chi connectivity index (χ2n) is 10.6. The van der Waals surface area contributed by atoms with Gasteiger partial charge in [-0.3, -0.25) is 4.98 Å². The van der Waals surface area contributed by atoms with Crippen molar-refractivity contribution in [3.63, 3.8) is 0 Å². The molecule has 48 heavy (non-hydrogen) atoms. The molecule has 0 saturated carbocycles. The van der Waals surface area contributed by atoms with Gasteiger partial charge >= 0.3 is 5.92 Å². The number of tetrazole rings is 1. The molecule has 242 valence electrons. The molecule has 0 bridgehead atoms. The van der Waals surface area contributed by atoms with Gasteiger partial charge in [0, 0.05) is 35.5 Å². The summed E-state index contributed by atoms with van der Waals surface area (Å²) >= 11 is 0. The molecule has 1 unspecified atom stereocenters. The van der Waals surface area contributed by atoms with E-state index in [2.05, 4.69) is 42.7 Å². The largest absolute Gasteiger partial charge is 0.489 e. The molecule has 0 aliphatic rings. The fraction of sp³-hybridized carbons (Fsp3) is 0.147. The van der Waals surface area contributed by atoms with Crippen LogP contribution in [0.1, 0.15) is 33.5 Å². The van der Waals surface area contributed by atoms with Crippen LogP contribution in [0.3, 0.4) is 0 Å². The minimum Gasteiger partial charge on any atom is -0.489 e. The quantitative estimate of drug-likeness (QED) is 0.136. The van der Waals surface area contributed by atoms with Crippen LogP contribution in [0, 0.1) is 23.5 Å². The summed E-state index contributed by atoms with van der Waals surface area (Å²) in [5.74, 6) is -0.109. The van der Waals surface area contributed by atoms with E-state index in [1.165, 1.54) is 12.3 Å². The van der Waals surface area contributed by atoms with Gasteiger partial charge in [-0.05, 0) is 70.1 Å². The molecule has 3 aromatic carbocycles. The summed E-state index contributed by atoms with van der Waals surface area (Å²) in [5.41, 5.74) is -1.96. The van der Waals surface area contributed by atoms with Crippen molar-refractivity contribution in [3.05, 3.63) is 149 Å². The van der Waals surface area contributed by atoms with Crippen LogP contribution in [-0.2, 0) is 31.2 Å². The van der Waals surface area contributed by atoms with Crippen molar-refractivity contribution in [2.45, 2.75) is 31.2 Å². The third-order valence-electron chi connectivity index (χ3n) is 7.27. The zero-order valence-electron chi connectivity index (χ0n) is 24.9. The number of nitrogens with one attached hydrogen (secondary N) is 1. The Hall–Kier alpha value is -6.07. The molecule has 0 radical (unpaired) electrons. The maximum absolute atomic E-state index is 15.9. The van der Waals surface area contributed by atoms with Gasteiger partial charge in [0.15, 0.2) is 5.60 Å². The van der Waals surface area contributed by atoms with Crippen LogP contribution in [-0.4, -0.2) is 35.3 Å². The Balaban J connectivity index is 1.09. The highest BCUT2D eigenvalue weighted by atomic mass is 19.3. The van der Waals surface area contributed by atoms with Crippen molar-refractivity contribution in [1.82, 2.24) is 30.2 Å². The van der Waals surface area contributed by atoms with Gasteiger partial charge in [-0.2, -0.15) is 8.78 Å². The van der Waals surface area contributed by atoms with Crippen molar-refractivity contribution in [2.24, 2.45) is 0 Å². The lowest BCUT2D eigenvalue weighted by Gasteiger charge is -2.35. The van der Waals surface area contributed by atoms with Gasteiger partial charge < -0.3 is 19.6 Å². The lowest BCUT2D eigenvalue weighted by molar-refractivity contribution is -0.207. The molecule has 0 saturated heterocycles. The van der Waals surface area contributed by atoms with E-state index < -0.39 is 41.0 Å². The molecule has 2 N–H and O–H groups in total. The van der Waals surface area contributed by atoms with Crippen molar-refractivity contribution in [1.29, 1.82) is 0 Å². The molecular weight excluding hydrogens is 630 g/mol. The number of oxazole rings is 1. The SMILES string of the molecule is OC(Cn1cnnn1)(c1ccc(F)cc1F)C(F)(F)c1ccc(C#Cc2ccc(OCc3ccc(CNc4ncco4)cc3)cc2)cn1. The number of hydrogen-bond acceptors (Lipinski definition) is 9. The summed E-state index contributed by atoms with van der Waals surface area (Å²) in [6.45, 7) is -0.0184. The molecule has 1 atom stereocenters. The standard InChI is InChI=1S/C34H25F4N7O3/c35-27-10-13-29(30(36)17-27)33(46,21-45-22-42-43-44-45)34(37,38)31-14-9-25(18-40-31)2-1-23-7-11-28(12-8-23)48-20-26-5-3-24(4-6-26)19-41-32-39-15-16-47-32/h3-18,22,46H,19-21H2,(H,39,41). The highest BCUT2D eigenvalue weighted by Crippen LogP contribution is 2.46. The number of aromatic nitrogens is 6. The summed E-state index contributed by atoms with van der Waals surface area (Å²) in [4.78, 5) is 7.85. The van der Waals surface area contributed by atoms with E-state index >= 15 is 8.78 Å². The minimum atomic E-state index is -4.17. The second kappa shape index (κ2) is 13.7. The van der Waals surface area contributed by atoms with E-state index in [1.54, 1.807) is 30.5 Å². The number of nitrogens with zero attached hydrogens (tertiary/aromatic N) is 6. The number of rotatable bonds is 11. The number of pyridine rings is 1. The van der Waals surface area contributed by atoms with Crippen LogP contribution < -0.4 is 10.1 Å². The third kappa shape index (κ3) is 7.16. The Kier molecular flexibility index (Phi) is 9.13. The van der Waals surface area contributed by atoms with E-state index in [0.717, 1.165) is 46.5 Å². The zero-order chi connectivity index (χ0) is 33.6. The molecule has 10 nitrogen and oxygen atoms in total. The summed E-state index contributed by atoms with van der Waals surface area (Å²) in [5, 5.41) is 24.6. The van der Waals surface area contributed by atoms with Crippen LogP contribution in [0.5, 0.6) is 5.75 Å². The molecule has 6 rings (SSSR count). The smallest absolute Gasteiger partial charge is 0.323 e. The van der Waals surface area contributed by atoms with Gasteiger partial charge in [-0.25, -0.2) is 18.4 Å². The van der Waals surface area contributed by atoms with Crippen molar-refractivity contribution in [2.75, 3.05) is 5.32 Å². The number of halogens is 4. The molecule has 3 heterocycles. The number of aliphatic hydroxyl groups is 1. The topological polar surface area (TPSA) is 124 Å². The first-order valence-corrected chi connectivity index (χ1v) is 14.4. The molecule has 0 aliphatic heterocycles. The summed E-state index contributed by atoms with van der Waals surface area (Å²) in [7, 11) is 0.